The van der Waals surface area contributed by atoms with Gasteiger partial charge in [-0.15, -0.1) is 0 Å². The smallest absolute Gasteiger partial charge is 0.341 e. The molecule has 0 unspecified atom stereocenters. The Morgan fingerprint density at radius 1 is 1.07 bits per heavy atom. The topological polar surface area (TPSA) is 55.2 Å². The van der Waals surface area contributed by atoms with E-state index < -0.39 is 0 Å². The van der Waals surface area contributed by atoms with Crippen molar-refractivity contribution < 1.29 is 18.7 Å². The number of nitrogens with zero attached hydrogens (tertiary/aromatic N) is 2. The van der Waals surface area contributed by atoms with E-state index in [-0.39, 0.29) is 5.97 Å². The molecular weight excluding hydrogens is 344 g/mol. The summed E-state index contributed by atoms with van der Waals surface area (Å²) in [6.07, 6.45) is 0. The zero-order valence-electron chi connectivity index (χ0n) is 16.4. The lowest BCUT2D eigenvalue weighted by Crippen LogP contribution is -2.45. The number of piperazine rings is 1. The van der Waals surface area contributed by atoms with Gasteiger partial charge in [0.05, 0.1) is 20.3 Å². The first-order valence-corrected chi connectivity index (χ1v) is 9.43. The molecule has 1 aromatic heterocycles. The summed E-state index contributed by atoms with van der Waals surface area (Å²) < 4.78 is 16.0. The highest BCUT2D eigenvalue weighted by Gasteiger charge is 2.20. The van der Waals surface area contributed by atoms with Gasteiger partial charge in [-0.25, -0.2) is 4.79 Å². The minimum Gasteiger partial charge on any atom is -0.494 e. The van der Waals surface area contributed by atoms with E-state index in [2.05, 4.69) is 21.9 Å². The largest absolute Gasteiger partial charge is 0.494 e. The van der Waals surface area contributed by atoms with Crippen LogP contribution in [0.25, 0.3) is 0 Å². The molecule has 0 N–H and O–H groups in total. The number of hydrogen-bond acceptors (Lipinski definition) is 6. The predicted molar refractivity (Wildman–Crippen MR) is 103 cm³/mol. The Hall–Kier alpha value is -2.31. The van der Waals surface area contributed by atoms with E-state index in [1.165, 1.54) is 12.7 Å². The number of hydrogen-bond donors (Lipinski definition) is 0. The van der Waals surface area contributed by atoms with Crippen molar-refractivity contribution in [2.75, 3.05) is 39.9 Å². The van der Waals surface area contributed by atoms with Crippen LogP contribution in [-0.2, 0) is 17.8 Å². The number of carbonyl (C=O) groups excluding carboxylic acids is 1. The first-order chi connectivity index (χ1) is 13.1. The molecule has 0 radical (unpaired) electrons. The van der Waals surface area contributed by atoms with Gasteiger partial charge < -0.3 is 13.9 Å². The molecule has 27 heavy (non-hydrogen) atoms. The van der Waals surface area contributed by atoms with Gasteiger partial charge in [0.2, 0.25) is 0 Å². The average molecular weight is 372 g/mol. The zero-order chi connectivity index (χ0) is 19.2. The van der Waals surface area contributed by atoms with E-state index in [0.29, 0.717) is 24.5 Å². The fourth-order valence-electron chi connectivity index (χ4n) is 3.38. The molecule has 1 fully saturated rings. The van der Waals surface area contributed by atoms with Gasteiger partial charge in [0.15, 0.2) is 0 Å². The second kappa shape index (κ2) is 9.06. The van der Waals surface area contributed by atoms with Crippen LogP contribution < -0.4 is 4.74 Å². The Labute approximate surface area is 160 Å². The molecule has 1 aromatic carbocycles. The normalized spacial score (nSPS) is 15.7. The summed E-state index contributed by atoms with van der Waals surface area (Å²) in [6, 6.07) is 10.1. The Kier molecular flexibility index (Phi) is 6.53. The molecule has 0 bridgehead atoms. The third-order valence-corrected chi connectivity index (χ3v) is 4.86. The third kappa shape index (κ3) is 5.11. The number of methoxy groups -OCH3 is 1. The number of aryl methyl sites for hydroxylation is 1. The molecule has 1 saturated heterocycles. The fourth-order valence-corrected chi connectivity index (χ4v) is 3.38. The highest BCUT2D eigenvalue weighted by Crippen LogP contribution is 2.19. The Morgan fingerprint density at radius 3 is 2.30 bits per heavy atom. The molecule has 1 aliphatic heterocycles. The van der Waals surface area contributed by atoms with Crippen LogP contribution in [0.3, 0.4) is 0 Å². The second-order valence-corrected chi connectivity index (χ2v) is 6.80. The standard InChI is InChI=1S/C21H28N2O4/c1-4-26-18-7-5-17(6-8-18)14-22-9-11-23(12-10-22)15-19-13-20(16(2)27-19)21(24)25-3/h5-8,13H,4,9-12,14-15H2,1-3H3. The van der Waals surface area contributed by atoms with Crippen LogP contribution in [0.1, 0.15) is 34.4 Å². The molecule has 1 aliphatic rings. The average Bonchev–Trinajstić information content (AvgIpc) is 3.04. The van der Waals surface area contributed by atoms with E-state index >= 15 is 0 Å². The van der Waals surface area contributed by atoms with Crippen molar-refractivity contribution in [3.63, 3.8) is 0 Å². The van der Waals surface area contributed by atoms with Gasteiger partial charge in [-0.05, 0) is 37.6 Å². The monoisotopic (exact) mass is 372 g/mol. The molecule has 6 nitrogen and oxygen atoms in total. The van der Waals surface area contributed by atoms with Crippen LogP contribution in [0.4, 0.5) is 0 Å². The van der Waals surface area contributed by atoms with Gasteiger partial charge >= 0.3 is 5.97 Å². The lowest BCUT2D eigenvalue weighted by atomic mass is 10.2. The SMILES string of the molecule is CCOc1ccc(CN2CCN(Cc3cc(C(=O)OC)c(C)o3)CC2)cc1. The maximum absolute atomic E-state index is 11.7. The molecule has 3 rings (SSSR count). The molecular formula is C21H28N2O4. The molecule has 0 spiro atoms. The maximum Gasteiger partial charge on any atom is 0.341 e. The van der Waals surface area contributed by atoms with Gasteiger partial charge in [0, 0.05) is 32.7 Å². The minimum atomic E-state index is -0.345. The van der Waals surface area contributed by atoms with Crippen LogP contribution >= 0.6 is 0 Å². The molecule has 0 amide bonds. The summed E-state index contributed by atoms with van der Waals surface area (Å²) >= 11 is 0. The van der Waals surface area contributed by atoms with Crippen molar-refractivity contribution >= 4 is 5.97 Å². The fraction of sp³-hybridized carbons (Fsp3) is 0.476. The molecule has 2 heterocycles. The predicted octanol–water partition coefficient (Wildman–Crippen LogP) is 3.09. The van der Waals surface area contributed by atoms with Crippen molar-refractivity contribution in [1.82, 2.24) is 9.80 Å². The van der Waals surface area contributed by atoms with Crippen molar-refractivity contribution in [1.29, 1.82) is 0 Å². The number of esters is 1. The van der Waals surface area contributed by atoms with Crippen LogP contribution in [0.15, 0.2) is 34.7 Å². The van der Waals surface area contributed by atoms with Crippen LogP contribution in [0.2, 0.25) is 0 Å². The van der Waals surface area contributed by atoms with Gasteiger partial charge in [-0.2, -0.15) is 0 Å². The van der Waals surface area contributed by atoms with E-state index in [0.717, 1.165) is 44.2 Å². The Morgan fingerprint density at radius 2 is 1.70 bits per heavy atom. The first kappa shape index (κ1) is 19.5. The molecule has 0 aliphatic carbocycles. The van der Waals surface area contributed by atoms with E-state index in [1.54, 1.807) is 13.0 Å². The van der Waals surface area contributed by atoms with Gasteiger partial charge in [-0.3, -0.25) is 9.80 Å². The van der Waals surface area contributed by atoms with Crippen LogP contribution in [0, 0.1) is 6.92 Å². The quantitative estimate of drug-likeness (QED) is 0.696. The molecule has 6 heteroatoms. The van der Waals surface area contributed by atoms with E-state index in [4.69, 9.17) is 13.9 Å². The zero-order valence-corrected chi connectivity index (χ0v) is 16.4. The summed E-state index contributed by atoms with van der Waals surface area (Å²) in [5.41, 5.74) is 1.82. The highest BCUT2D eigenvalue weighted by atomic mass is 16.5. The molecule has 2 aromatic rings. The number of furan rings is 1. The molecule has 146 valence electrons. The second-order valence-electron chi connectivity index (χ2n) is 6.80. The minimum absolute atomic E-state index is 0.345. The van der Waals surface area contributed by atoms with Crippen molar-refractivity contribution in [3.05, 3.63) is 53.0 Å². The van der Waals surface area contributed by atoms with Gasteiger partial charge in [0.1, 0.15) is 22.8 Å². The Bertz CT molecular complexity index is 746. The van der Waals surface area contributed by atoms with Gasteiger partial charge in [-0.1, -0.05) is 12.1 Å². The Balaban J connectivity index is 1.48. The van der Waals surface area contributed by atoms with Gasteiger partial charge in [0.25, 0.3) is 0 Å². The summed E-state index contributed by atoms with van der Waals surface area (Å²) in [4.78, 5) is 16.5. The third-order valence-electron chi connectivity index (χ3n) is 4.86. The summed E-state index contributed by atoms with van der Waals surface area (Å²) in [5, 5.41) is 0. The number of rotatable bonds is 7. The number of ether oxygens (including phenoxy) is 2. The maximum atomic E-state index is 11.7. The molecule has 0 saturated carbocycles. The van der Waals surface area contributed by atoms with Crippen molar-refractivity contribution in [2.45, 2.75) is 26.9 Å². The van der Waals surface area contributed by atoms with E-state index in [1.807, 2.05) is 19.1 Å². The molecule has 0 atom stereocenters. The lowest BCUT2D eigenvalue weighted by Gasteiger charge is -2.34. The van der Waals surface area contributed by atoms with Crippen molar-refractivity contribution in [3.8, 4) is 5.75 Å². The number of carbonyl (C=O) groups is 1. The van der Waals surface area contributed by atoms with Crippen LogP contribution in [0.5, 0.6) is 5.75 Å². The first-order valence-electron chi connectivity index (χ1n) is 9.43. The summed E-state index contributed by atoms with van der Waals surface area (Å²) in [5.74, 6) is 2.01. The summed E-state index contributed by atoms with van der Waals surface area (Å²) in [7, 11) is 1.39. The van der Waals surface area contributed by atoms with E-state index in [9.17, 15) is 4.79 Å². The van der Waals surface area contributed by atoms with Crippen molar-refractivity contribution in [2.24, 2.45) is 0 Å². The van der Waals surface area contributed by atoms with Crippen LogP contribution in [-0.4, -0.2) is 55.7 Å². The number of benzene rings is 1. The summed E-state index contributed by atoms with van der Waals surface area (Å²) in [6.45, 7) is 10.1. The highest BCUT2D eigenvalue weighted by molar-refractivity contribution is 5.90. The lowest BCUT2D eigenvalue weighted by molar-refractivity contribution is 0.0599.